The van der Waals surface area contributed by atoms with Gasteiger partial charge in [-0.25, -0.2) is 0 Å². The molecule has 0 aliphatic carbocycles. The van der Waals surface area contributed by atoms with Crippen molar-refractivity contribution >= 4 is 5.69 Å². The summed E-state index contributed by atoms with van der Waals surface area (Å²) < 4.78 is 0. The topological polar surface area (TPSA) is 38.0 Å². The fraction of sp³-hybridized carbons (Fsp3) is 0.0769. The van der Waals surface area contributed by atoms with E-state index in [1.54, 1.807) is 0 Å². The molecule has 0 aliphatic heterocycles. The summed E-state index contributed by atoms with van der Waals surface area (Å²) in [6.45, 7) is 0. The fourth-order valence-corrected chi connectivity index (χ4v) is 1.48. The van der Waals surface area contributed by atoms with E-state index < -0.39 is 0 Å². The van der Waals surface area contributed by atoms with Crippen molar-refractivity contribution in [2.24, 2.45) is 5.84 Å². The molecule has 0 aromatic heterocycles. The lowest BCUT2D eigenvalue weighted by atomic mass is 10.0. The van der Waals surface area contributed by atoms with E-state index in [-0.39, 0.29) is 7.43 Å². The standard InChI is InChI=1S/C12H12N2.CH4/c13-14-12-9-5-4-8-11(12)10-6-2-1-3-7-10;/h1-9,14H,13H2;1H4. The van der Waals surface area contributed by atoms with Gasteiger partial charge in [0, 0.05) is 5.56 Å². The van der Waals surface area contributed by atoms with Crippen molar-refractivity contribution in [3.63, 3.8) is 0 Å². The quantitative estimate of drug-likeness (QED) is 0.576. The molecule has 0 spiro atoms. The first-order chi connectivity index (χ1) is 6.92. The van der Waals surface area contributed by atoms with E-state index in [1.165, 1.54) is 5.56 Å². The molecule has 0 bridgehead atoms. The average molecular weight is 200 g/mol. The maximum absolute atomic E-state index is 5.44. The van der Waals surface area contributed by atoms with Crippen LogP contribution in [-0.4, -0.2) is 0 Å². The van der Waals surface area contributed by atoms with Crippen LogP contribution in [0.5, 0.6) is 0 Å². The van der Waals surface area contributed by atoms with Gasteiger partial charge in [0.25, 0.3) is 0 Å². The highest BCUT2D eigenvalue weighted by atomic mass is 15.2. The maximum atomic E-state index is 5.44. The van der Waals surface area contributed by atoms with E-state index in [0.29, 0.717) is 0 Å². The van der Waals surface area contributed by atoms with Crippen LogP contribution in [0, 0.1) is 0 Å². The van der Waals surface area contributed by atoms with Gasteiger partial charge in [-0.05, 0) is 11.6 Å². The van der Waals surface area contributed by atoms with Crippen molar-refractivity contribution in [3.8, 4) is 11.1 Å². The zero-order valence-corrected chi connectivity index (χ0v) is 7.77. The number of benzene rings is 2. The fourth-order valence-electron chi connectivity index (χ4n) is 1.48. The Labute approximate surface area is 90.7 Å². The highest BCUT2D eigenvalue weighted by Gasteiger charge is 2.00. The first-order valence-corrected chi connectivity index (χ1v) is 4.53. The summed E-state index contributed by atoms with van der Waals surface area (Å²) in [4.78, 5) is 0. The van der Waals surface area contributed by atoms with Crippen LogP contribution in [0.1, 0.15) is 7.43 Å². The third-order valence-corrected chi connectivity index (χ3v) is 2.17. The van der Waals surface area contributed by atoms with Crippen LogP contribution in [0.25, 0.3) is 11.1 Å². The summed E-state index contributed by atoms with van der Waals surface area (Å²) in [7, 11) is 0. The van der Waals surface area contributed by atoms with Crippen LogP contribution in [0.3, 0.4) is 0 Å². The number of para-hydroxylation sites is 1. The molecular weight excluding hydrogens is 184 g/mol. The molecular formula is C13H16N2. The summed E-state index contributed by atoms with van der Waals surface area (Å²) in [6, 6.07) is 18.1. The van der Waals surface area contributed by atoms with Crippen LogP contribution < -0.4 is 11.3 Å². The highest BCUT2D eigenvalue weighted by molar-refractivity contribution is 5.77. The molecule has 78 valence electrons. The van der Waals surface area contributed by atoms with E-state index in [2.05, 4.69) is 17.6 Å². The molecule has 0 amide bonds. The van der Waals surface area contributed by atoms with Crippen LogP contribution in [0.2, 0.25) is 0 Å². The lowest BCUT2D eigenvalue weighted by Gasteiger charge is -2.07. The second-order valence-electron chi connectivity index (χ2n) is 3.06. The third-order valence-electron chi connectivity index (χ3n) is 2.17. The monoisotopic (exact) mass is 200 g/mol. The smallest absolute Gasteiger partial charge is 0.0563 e. The number of anilines is 1. The Morgan fingerprint density at radius 3 is 2.07 bits per heavy atom. The van der Waals surface area contributed by atoms with E-state index in [1.807, 2.05) is 42.5 Å². The molecule has 15 heavy (non-hydrogen) atoms. The molecule has 0 fully saturated rings. The van der Waals surface area contributed by atoms with Crippen molar-refractivity contribution in [3.05, 3.63) is 54.6 Å². The Balaban J connectivity index is 0.00000112. The molecule has 2 aromatic rings. The second kappa shape index (κ2) is 5.17. The third kappa shape index (κ3) is 2.36. The van der Waals surface area contributed by atoms with Crippen molar-refractivity contribution in [1.82, 2.24) is 0 Å². The van der Waals surface area contributed by atoms with Gasteiger partial charge in [-0.3, -0.25) is 5.84 Å². The number of hydrogen-bond donors (Lipinski definition) is 2. The van der Waals surface area contributed by atoms with Crippen LogP contribution in [0.4, 0.5) is 5.69 Å². The second-order valence-corrected chi connectivity index (χ2v) is 3.06. The minimum atomic E-state index is 0. The number of hydrogen-bond acceptors (Lipinski definition) is 2. The van der Waals surface area contributed by atoms with Crippen LogP contribution >= 0.6 is 0 Å². The Morgan fingerprint density at radius 2 is 1.40 bits per heavy atom. The van der Waals surface area contributed by atoms with Gasteiger partial charge in [0.15, 0.2) is 0 Å². The first-order valence-electron chi connectivity index (χ1n) is 4.53. The molecule has 2 aromatic carbocycles. The maximum Gasteiger partial charge on any atom is 0.0563 e. The minimum absolute atomic E-state index is 0. The lowest BCUT2D eigenvalue weighted by molar-refractivity contribution is 1.35. The van der Waals surface area contributed by atoms with Gasteiger partial charge in [0.1, 0.15) is 0 Å². The Bertz CT molecular complexity index is 410. The van der Waals surface area contributed by atoms with E-state index in [0.717, 1.165) is 11.3 Å². The van der Waals surface area contributed by atoms with Gasteiger partial charge in [0.2, 0.25) is 0 Å². The number of nitrogens with one attached hydrogen (secondary N) is 1. The Kier molecular flexibility index (Phi) is 3.89. The molecule has 3 N–H and O–H groups in total. The molecule has 2 rings (SSSR count). The van der Waals surface area contributed by atoms with Crippen molar-refractivity contribution in [1.29, 1.82) is 0 Å². The van der Waals surface area contributed by atoms with Gasteiger partial charge in [-0.2, -0.15) is 0 Å². The van der Waals surface area contributed by atoms with E-state index in [4.69, 9.17) is 5.84 Å². The molecule has 0 aliphatic rings. The summed E-state index contributed by atoms with van der Waals surface area (Å²) in [5, 5.41) is 0. The number of hydrazine groups is 1. The van der Waals surface area contributed by atoms with Gasteiger partial charge in [-0.1, -0.05) is 56.0 Å². The van der Waals surface area contributed by atoms with Crippen molar-refractivity contribution < 1.29 is 0 Å². The molecule has 0 radical (unpaired) electrons. The molecule has 0 saturated carbocycles. The zero-order valence-electron chi connectivity index (χ0n) is 7.77. The number of nitrogen functional groups attached to an aromatic ring is 1. The summed E-state index contributed by atoms with van der Waals surface area (Å²) >= 11 is 0. The van der Waals surface area contributed by atoms with Crippen LogP contribution in [-0.2, 0) is 0 Å². The molecule has 0 atom stereocenters. The van der Waals surface area contributed by atoms with Crippen molar-refractivity contribution in [2.45, 2.75) is 7.43 Å². The highest BCUT2D eigenvalue weighted by Crippen LogP contribution is 2.26. The van der Waals surface area contributed by atoms with Gasteiger partial charge < -0.3 is 5.43 Å². The molecule has 2 heteroatoms. The molecule has 0 saturated heterocycles. The molecule has 0 unspecified atom stereocenters. The predicted molar refractivity (Wildman–Crippen MR) is 66.4 cm³/mol. The van der Waals surface area contributed by atoms with Gasteiger partial charge in [-0.15, -0.1) is 0 Å². The summed E-state index contributed by atoms with van der Waals surface area (Å²) in [5.41, 5.74) is 5.93. The average Bonchev–Trinajstić information content (AvgIpc) is 2.30. The predicted octanol–water partition coefficient (Wildman–Crippen LogP) is 3.28. The van der Waals surface area contributed by atoms with Crippen LogP contribution in [0.15, 0.2) is 54.6 Å². The SMILES string of the molecule is C.NNc1ccccc1-c1ccccc1. The molecule has 2 nitrogen and oxygen atoms in total. The summed E-state index contributed by atoms with van der Waals surface area (Å²) in [6.07, 6.45) is 0. The zero-order chi connectivity index (χ0) is 9.80. The van der Waals surface area contributed by atoms with Crippen molar-refractivity contribution in [2.75, 3.05) is 5.43 Å². The normalized spacial score (nSPS) is 9.13. The van der Waals surface area contributed by atoms with E-state index in [9.17, 15) is 0 Å². The number of nitrogens with two attached hydrogens (primary N) is 1. The summed E-state index contributed by atoms with van der Waals surface area (Å²) in [5.74, 6) is 5.44. The first kappa shape index (κ1) is 11.3. The Hall–Kier alpha value is -1.80. The van der Waals surface area contributed by atoms with E-state index >= 15 is 0 Å². The minimum Gasteiger partial charge on any atom is -0.324 e. The van der Waals surface area contributed by atoms with Gasteiger partial charge in [0.05, 0.1) is 5.69 Å². The lowest BCUT2D eigenvalue weighted by Crippen LogP contribution is -2.07. The Morgan fingerprint density at radius 1 is 0.800 bits per heavy atom. The number of rotatable bonds is 2. The van der Waals surface area contributed by atoms with Gasteiger partial charge >= 0.3 is 0 Å². The molecule has 0 heterocycles. The largest absolute Gasteiger partial charge is 0.324 e.